The summed E-state index contributed by atoms with van der Waals surface area (Å²) in [6.07, 6.45) is 0. The van der Waals surface area contributed by atoms with Crippen LogP contribution in [0.25, 0.3) is 0 Å². The predicted molar refractivity (Wildman–Crippen MR) is 159 cm³/mol. The maximum absolute atomic E-state index is 2.58. The Morgan fingerprint density at radius 1 is 0.371 bits per heavy atom. The van der Waals surface area contributed by atoms with Crippen LogP contribution in [0.4, 0.5) is 0 Å². The Kier molecular flexibility index (Phi) is 7.44. The molecule has 0 heterocycles. The van der Waals surface area contributed by atoms with Crippen molar-refractivity contribution in [2.45, 2.75) is 150 Å². The minimum absolute atomic E-state index is 0.0120. The quantitative estimate of drug-likeness (QED) is 0.404. The van der Waals surface area contributed by atoms with Gasteiger partial charge in [0.05, 0.1) is 0 Å². The smallest absolute Gasteiger partial charge is 0.0152 e. The largest absolute Gasteiger partial charge is 0.0617 e. The van der Waals surface area contributed by atoms with Gasteiger partial charge in [0, 0.05) is 5.41 Å². The van der Waals surface area contributed by atoms with Crippen molar-refractivity contribution >= 4 is 0 Å². The summed E-state index contributed by atoms with van der Waals surface area (Å²) in [5, 5.41) is 0. The standard InChI is InChI=1S/C35H56/c1-30(2,3)23-19-18-20-24(21-23)35(16,17)28-26(32(7,8)9)22-25(31(4,5)6)27(33(10,11)12)29(28)34(13,14)15/h18-22H,1-17H3. The number of hydrogen-bond acceptors (Lipinski definition) is 0. The lowest BCUT2D eigenvalue weighted by atomic mass is 9.59. The van der Waals surface area contributed by atoms with Gasteiger partial charge in [0.2, 0.25) is 0 Å². The SMILES string of the molecule is CC(C)(C)c1cccc(C(C)(C)c2c(C(C)(C)C)cc(C(C)(C)C)c(C(C)(C)C)c2C(C)(C)C)c1. The first-order valence-corrected chi connectivity index (χ1v) is 13.6. The van der Waals surface area contributed by atoms with Crippen LogP contribution in [0.1, 0.15) is 157 Å². The maximum Gasteiger partial charge on any atom is 0.0152 e. The molecule has 0 bridgehead atoms. The van der Waals surface area contributed by atoms with Gasteiger partial charge in [-0.1, -0.05) is 148 Å². The van der Waals surface area contributed by atoms with Gasteiger partial charge in [-0.25, -0.2) is 0 Å². The van der Waals surface area contributed by atoms with E-state index in [1.54, 1.807) is 11.1 Å². The molecule has 0 radical (unpaired) electrons. The zero-order valence-corrected chi connectivity index (χ0v) is 26.4. The Morgan fingerprint density at radius 3 is 1.14 bits per heavy atom. The molecule has 35 heavy (non-hydrogen) atoms. The van der Waals surface area contributed by atoms with Gasteiger partial charge in [-0.05, 0) is 66.0 Å². The second kappa shape index (κ2) is 8.78. The third-order valence-corrected chi connectivity index (χ3v) is 7.52. The van der Waals surface area contributed by atoms with Crippen LogP contribution in [0.2, 0.25) is 0 Å². The molecule has 0 amide bonds. The minimum Gasteiger partial charge on any atom is -0.0617 e. The Bertz CT molecular complexity index is 1060. The van der Waals surface area contributed by atoms with E-state index in [-0.39, 0.29) is 32.5 Å². The van der Waals surface area contributed by atoms with E-state index in [9.17, 15) is 0 Å². The highest BCUT2D eigenvalue weighted by Gasteiger charge is 2.41. The van der Waals surface area contributed by atoms with Crippen molar-refractivity contribution < 1.29 is 0 Å². The zero-order chi connectivity index (χ0) is 27.6. The van der Waals surface area contributed by atoms with Crippen molar-refractivity contribution in [3.8, 4) is 0 Å². The molecule has 0 aliphatic carbocycles. The molecule has 2 aromatic carbocycles. The molecule has 0 unspecified atom stereocenters. The van der Waals surface area contributed by atoms with Crippen molar-refractivity contribution in [3.63, 3.8) is 0 Å². The summed E-state index contributed by atoms with van der Waals surface area (Å²) in [6, 6.07) is 12.0. The van der Waals surface area contributed by atoms with Crippen molar-refractivity contribution in [3.05, 3.63) is 69.3 Å². The van der Waals surface area contributed by atoms with Crippen LogP contribution >= 0.6 is 0 Å². The first-order valence-electron chi connectivity index (χ1n) is 13.6. The van der Waals surface area contributed by atoms with E-state index in [4.69, 9.17) is 0 Å². The van der Waals surface area contributed by atoms with Crippen molar-refractivity contribution in [2.24, 2.45) is 0 Å². The Balaban J connectivity index is 3.24. The summed E-state index contributed by atoms with van der Waals surface area (Å²) in [5.41, 5.74) is 10.6. The van der Waals surface area contributed by atoms with Crippen LogP contribution in [0.5, 0.6) is 0 Å². The Morgan fingerprint density at radius 2 is 0.771 bits per heavy atom. The molecule has 0 aliphatic heterocycles. The van der Waals surface area contributed by atoms with Crippen molar-refractivity contribution in [1.82, 2.24) is 0 Å². The van der Waals surface area contributed by atoms with E-state index in [0.29, 0.717) is 0 Å². The molecule has 0 fully saturated rings. The second-order valence-electron chi connectivity index (χ2n) is 16.6. The summed E-state index contributed by atoms with van der Waals surface area (Å²) < 4.78 is 0. The molecule has 0 spiro atoms. The van der Waals surface area contributed by atoms with Crippen molar-refractivity contribution in [1.29, 1.82) is 0 Å². The lowest BCUT2D eigenvalue weighted by Crippen LogP contribution is -2.36. The highest BCUT2D eigenvalue weighted by atomic mass is 14.5. The molecule has 0 atom stereocenters. The topological polar surface area (TPSA) is 0 Å². The van der Waals surface area contributed by atoms with Crippen LogP contribution < -0.4 is 0 Å². The van der Waals surface area contributed by atoms with Gasteiger partial charge >= 0.3 is 0 Å². The van der Waals surface area contributed by atoms with E-state index in [0.717, 1.165) is 0 Å². The minimum atomic E-state index is -0.136. The average Bonchev–Trinajstić information content (AvgIpc) is 2.62. The fourth-order valence-corrected chi connectivity index (χ4v) is 5.56. The molecular formula is C35H56. The number of hydrogen-bond donors (Lipinski definition) is 0. The summed E-state index contributed by atoms with van der Waals surface area (Å²) in [5.74, 6) is 0. The fraction of sp³-hybridized carbons (Fsp3) is 0.657. The van der Waals surface area contributed by atoms with Gasteiger partial charge in [0.25, 0.3) is 0 Å². The molecule has 0 nitrogen and oxygen atoms in total. The van der Waals surface area contributed by atoms with Crippen molar-refractivity contribution in [2.75, 3.05) is 0 Å². The van der Waals surface area contributed by atoms with Crippen LogP contribution in [0.15, 0.2) is 30.3 Å². The molecule has 0 saturated carbocycles. The molecule has 0 aliphatic rings. The van der Waals surface area contributed by atoms with Gasteiger partial charge in [-0.15, -0.1) is 0 Å². The molecule has 0 aromatic heterocycles. The molecule has 2 aromatic rings. The zero-order valence-electron chi connectivity index (χ0n) is 26.4. The van der Waals surface area contributed by atoms with Gasteiger partial charge in [0.1, 0.15) is 0 Å². The highest BCUT2D eigenvalue weighted by Crippen LogP contribution is 2.51. The second-order valence-corrected chi connectivity index (χ2v) is 16.6. The summed E-state index contributed by atoms with van der Waals surface area (Å²) in [6.45, 7) is 40.6. The lowest BCUT2D eigenvalue weighted by Gasteiger charge is -2.45. The molecule has 0 N–H and O–H groups in total. The van der Waals surface area contributed by atoms with Gasteiger partial charge in [-0.3, -0.25) is 0 Å². The molecule has 0 heteroatoms. The van der Waals surface area contributed by atoms with E-state index in [1.807, 2.05) is 0 Å². The first-order chi connectivity index (χ1) is 15.3. The third-order valence-electron chi connectivity index (χ3n) is 7.52. The van der Waals surface area contributed by atoms with Crippen LogP contribution in [-0.4, -0.2) is 0 Å². The van der Waals surface area contributed by atoms with Gasteiger partial charge in [0.15, 0.2) is 0 Å². The molecule has 0 saturated heterocycles. The maximum atomic E-state index is 2.58. The van der Waals surface area contributed by atoms with E-state index >= 15 is 0 Å². The first kappa shape index (κ1) is 29.7. The molecular weight excluding hydrogens is 420 g/mol. The summed E-state index contributed by atoms with van der Waals surface area (Å²) in [4.78, 5) is 0. The number of benzene rings is 2. The predicted octanol–water partition coefficient (Wildman–Crippen LogP) is 10.5. The van der Waals surface area contributed by atoms with Gasteiger partial charge < -0.3 is 0 Å². The Labute approximate surface area is 219 Å². The average molecular weight is 477 g/mol. The van der Waals surface area contributed by atoms with E-state index < -0.39 is 0 Å². The highest BCUT2D eigenvalue weighted by molar-refractivity contribution is 5.60. The molecule has 196 valence electrons. The normalized spacial score (nSPS) is 14.4. The third kappa shape index (κ3) is 6.06. The van der Waals surface area contributed by atoms with E-state index in [1.165, 1.54) is 27.8 Å². The Hall–Kier alpha value is -1.56. The van der Waals surface area contributed by atoms with Crippen LogP contribution in [-0.2, 0) is 32.5 Å². The van der Waals surface area contributed by atoms with Crippen LogP contribution in [0.3, 0.4) is 0 Å². The summed E-state index contributed by atoms with van der Waals surface area (Å²) in [7, 11) is 0. The van der Waals surface area contributed by atoms with Gasteiger partial charge in [-0.2, -0.15) is 0 Å². The lowest BCUT2D eigenvalue weighted by molar-refractivity contribution is 0.467. The summed E-state index contributed by atoms with van der Waals surface area (Å²) >= 11 is 0. The molecule has 2 rings (SSSR count). The fourth-order valence-electron chi connectivity index (χ4n) is 5.56. The van der Waals surface area contributed by atoms with Crippen LogP contribution in [0, 0.1) is 0 Å². The number of rotatable bonds is 2. The monoisotopic (exact) mass is 476 g/mol. The van der Waals surface area contributed by atoms with E-state index in [2.05, 4.69) is 148 Å².